The lowest BCUT2D eigenvalue weighted by Crippen LogP contribution is -2.13. The Bertz CT molecular complexity index is 345. The number of aryl methyl sites for hydroxylation is 1. The zero-order valence-electron chi connectivity index (χ0n) is 6.20. The van der Waals surface area contributed by atoms with Crippen LogP contribution in [-0.2, 0) is 0 Å². The summed E-state index contributed by atoms with van der Waals surface area (Å²) in [4.78, 5) is 12.8. The average molecular weight is 177 g/mol. The van der Waals surface area contributed by atoms with Crippen LogP contribution in [0.25, 0.3) is 0 Å². The first-order valence-electron chi connectivity index (χ1n) is 3.20. The summed E-state index contributed by atoms with van der Waals surface area (Å²) in [7, 11) is 0. The number of hydrogen-bond acceptors (Lipinski definition) is 1. The van der Waals surface area contributed by atoms with Crippen LogP contribution in [0, 0.1) is 12.9 Å². The third kappa shape index (κ3) is 1.49. The fourth-order valence-electron chi connectivity index (χ4n) is 0.862. The minimum Gasteiger partial charge on any atom is -0.335 e. The number of hydrogen-bond donors (Lipinski definition) is 1. The van der Waals surface area contributed by atoms with Gasteiger partial charge in [-0.25, -0.2) is 8.78 Å². The van der Waals surface area contributed by atoms with Crippen molar-refractivity contribution in [1.29, 1.82) is 0 Å². The molecule has 0 amide bonds. The van der Waals surface area contributed by atoms with Gasteiger partial charge in [0.05, 0.1) is 0 Å². The van der Waals surface area contributed by atoms with Crippen LogP contribution < -0.4 is 5.43 Å². The molecule has 0 radical (unpaired) electrons. The molecule has 0 aliphatic rings. The van der Waals surface area contributed by atoms with Crippen molar-refractivity contribution >= 4 is 0 Å². The molecule has 0 aliphatic heterocycles. The van der Waals surface area contributed by atoms with Crippen molar-refractivity contribution in [3.63, 3.8) is 0 Å². The predicted octanol–water partition coefficient (Wildman–Crippen LogP) is 1.76. The van der Waals surface area contributed by atoms with Gasteiger partial charge < -0.3 is 4.98 Å². The van der Waals surface area contributed by atoms with Gasteiger partial charge in [-0.3, -0.25) is 4.79 Å². The second kappa shape index (κ2) is 3.00. The van der Waals surface area contributed by atoms with Gasteiger partial charge >= 0.3 is 0 Å². The van der Waals surface area contributed by atoms with E-state index in [4.69, 9.17) is 0 Å². The number of aromatic amines is 1. The lowest BCUT2D eigenvalue weighted by molar-refractivity contribution is 0.143. The molecule has 0 saturated heterocycles. The Morgan fingerprint density at radius 1 is 1.50 bits per heavy atom. The van der Waals surface area contributed by atoms with E-state index in [1.54, 1.807) is 0 Å². The summed E-state index contributed by atoms with van der Waals surface area (Å²) in [6.07, 6.45) is -3.07. The molecule has 5 heteroatoms. The van der Waals surface area contributed by atoms with E-state index in [0.29, 0.717) is 0 Å². The SMILES string of the molecule is Cc1cc(=O)c(C(F)F)c(F)[nH]1. The van der Waals surface area contributed by atoms with Gasteiger partial charge in [-0.05, 0) is 6.92 Å². The summed E-state index contributed by atoms with van der Waals surface area (Å²) < 4.78 is 36.5. The molecule has 0 atom stereocenters. The molecule has 1 rings (SSSR count). The van der Waals surface area contributed by atoms with E-state index in [0.717, 1.165) is 6.07 Å². The van der Waals surface area contributed by atoms with Crippen molar-refractivity contribution in [1.82, 2.24) is 4.98 Å². The second-order valence-corrected chi connectivity index (χ2v) is 2.34. The van der Waals surface area contributed by atoms with Crippen LogP contribution in [-0.4, -0.2) is 4.98 Å². The lowest BCUT2D eigenvalue weighted by atomic mass is 10.2. The highest BCUT2D eigenvalue weighted by Crippen LogP contribution is 2.16. The normalized spacial score (nSPS) is 10.8. The van der Waals surface area contributed by atoms with Gasteiger partial charge in [0.15, 0.2) is 5.43 Å². The van der Waals surface area contributed by atoms with Gasteiger partial charge in [0.25, 0.3) is 6.43 Å². The van der Waals surface area contributed by atoms with E-state index in [2.05, 4.69) is 0 Å². The van der Waals surface area contributed by atoms with Crippen LogP contribution in [0.15, 0.2) is 10.9 Å². The van der Waals surface area contributed by atoms with Crippen molar-refractivity contribution < 1.29 is 13.2 Å². The molecule has 0 unspecified atom stereocenters. The Balaban J connectivity index is 3.39. The molecule has 1 aromatic rings. The molecular formula is C7H6F3NO. The summed E-state index contributed by atoms with van der Waals surface area (Å²) in [6.45, 7) is 1.42. The van der Waals surface area contributed by atoms with E-state index in [1.807, 2.05) is 4.98 Å². The Hall–Kier alpha value is -1.26. The van der Waals surface area contributed by atoms with Crippen LogP contribution >= 0.6 is 0 Å². The van der Waals surface area contributed by atoms with Crippen LogP contribution in [0.3, 0.4) is 0 Å². The van der Waals surface area contributed by atoms with Crippen molar-refractivity contribution in [2.45, 2.75) is 13.3 Å². The van der Waals surface area contributed by atoms with Crippen LogP contribution in [0.1, 0.15) is 17.7 Å². The number of aromatic nitrogens is 1. The summed E-state index contributed by atoms with van der Waals surface area (Å²) in [5, 5.41) is 0. The van der Waals surface area contributed by atoms with E-state index in [1.165, 1.54) is 6.92 Å². The first-order chi connectivity index (χ1) is 5.52. The maximum atomic E-state index is 12.6. The van der Waals surface area contributed by atoms with Gasteiger partial charge in [0.1, 0.15) is 5.56 Å². The smallest absolute Gasteiger partial charge is 0.271 e. The molecule has 2 nitrogen and oxygen atoms in total. The third-order valence-electron chi connectivity index (χ3n) is 1.37. The van der Waals surface area contributed by atoms with Gasteiger partial charge in [-0.15, -0.1) is 0 Å². The van der Waals surface area contributed by atoms with E-state index in [-0.39, 0.29) is 5.69 Å². The summed E-state index contributed by atoms with van der Waals surface area (Å²) in [5.74, 6) is -1.25. The molecule has 0 aromatic carbocycles. The van der Waals surface area contributed by atoms with Crippen LogP contribution in [0.2, 0.25) is 0 Å². The van der Waals surface area contributed by atoms with Crippen molar-refractivity contribution in [2.24, 2.45) is 0 Å². The molecular weight excluding hydrogens is 171 g/mol. The highest BCUT2D eigenvalue weighted by atomic mass is 19.3. The molecule has 0 aliphatic carbocycles. The number of halogens is 3. The van der Waals surface area contributed by atoms with Gasteiger partial charge in [-0.2, -0.15) is 4.39 Å². The molecule has 1 aromatic heterocycles. The van der Waals surface area contributed by atoms with Crippen molar-refractivity contribution in [3.05, 3.63) is 33.5 Å². The van der Waals surface area contributed by atoms with Gasteiger partial charge in [-0.1, -0.05) is 0 Å². The molecule has 1 N–H and O–H groups in total. The van der Waals surface area contributed by atoms with Crippen LogP contribution in [0.4, 0.5) is 13.2 Å². The number of alkyl halides is 2. The first-order valence-corrected chi connectivity index (χ1v) is 3.20. The minimum absolute atomic E-state index is 0.224. The monoisotopic (exact) mass is 177 g/mol. The molecule has 1 heterocycles. The van der Waals surface area contributed by atoms with Crippen LogP contribution in [0.5, 0.6) is 0 Å². The third-order valence-corrected chi connectivity index (χ3v) is 1.37. The number of nitrogens with one attached hydrogen (secondary N) is 1. The number of pyridine rings is 1. The first kappa shape index (κ1) is 8.83. The van der Waals surface area contributed by atoms with Gasteiger partial charge in [0, 0.05) is 11.8 Å². The standard InChI is InChI=1S/C7H6F3NO/c1-3-2-4(12)5(6(8)9)7(10)11-3/h2,6H,1H3,(H,11,12). The van der Waals surface area contributed by atoms with E-state index >= 15 is 0 Å². The van der Waals surface area contributed by atoms with Crippen molar-refractivity contribution in [3.8, 4) is 0 Å². The molecule has 0 fully saturated rings. The molecule has 0 saturated carbocycles. The maximum absolute atomic E-state index is 12.6. The highest BCUT2D eigenvalue weighted by molar-refractivity contribution is 5.16. The zero-order chi connectivity index (χ0) is 9.30. The van der Waals surface area contributed by atoms with Crippen molar-refractivity contribution in [2.75, 3.05) is 0 Å². The fraction of sp³-hybridized carbons (Fsp3) is 0.286. The molecule has 12 heavy (non-hydrogen) atoms. The lowest BCUT2D eigenvalue weighted by Gasteiger charge is -2.00. The molecule has 66 valence electrons. The Labute approximate surface area is 66.0 Å². The number of rotatable bonds is 1. The summed E-state index contributed by atoms with van der Waals surface area (Å²) in [5.41, 5.74) is -1.85. The highest BCUT2D eigenvalue weighted by Gasteiger charge is 2.17. The quantitative estimate of drug-likeness (QED) is 0.651. The fourth-order valence-corrected chi connectivity index (χ4v) is 0.862. The zero-order valence-corrected chi connectivity index (χ0v) is 6.20. The topological polar surface area (TPSA) is 32.9 Å². The molecule has 0 bridgehead atoms. The minimum atomic E-state index is -3.07. The second-order valence-electron chi connectivity index (χ2n) is 2.34. The Morgan fingerprint density at radius 3 is 2.50 bits per heavy atom. The Kier molecular flexibility index (Phi) is 2.21. The average Bonchev–Trinajstić information content (AvgIpc) is 1.82. The summed E-state index contributed by atoms with van der Waals surface area (Å²) in [6, 6.07) is 0.935. The maximum Gasteiger partial charge on any atom is 0.271 e. The number of H-pyrrole nitrogens is 1. The van der Waals surface area contributed by atoms with E-state index < -0.39 is 23.4 Å². The Morgan fingerprint density at radius 2 is 2.08 bits per heavy atom. The van der Waals surface area contributed by atoms with E-state index in [9.17, 15) is 18.0 Å². The summed E-state index contributed by atoms with van der Waals surface area (Å²) >= 11 is 0. The predicted molar refractivity (Wildman–Crippen MR) is 36.7 cm³/mol. The molecule has 0 spiro atoms. The largest absolute Gasteiger partial charge is 0.335 e. The van der Waals surface area contributed by atoms with Gasteiger partial charge in [0.2, 0.25) is 5.95 Å².